The van der Waals surface area contributed by atoms with Gasteiger partial charge in [0, 0.05) is 6.61 Å². The molecule has 0 saturated heterocycles. The Bertz CT molecular complexity index is 292. The average Bonchev–Trinajstić information content (AvgIpc) is 2.38. The van der Waals surface area contributed by atoms with Crippen molar-refractivity contribution in [1.82, 2.24) is 0 Å². The van der Waals surface area contributed by atoms with Crippen molar-refractivity contribution in [3.8, 4) is 0 Å². The van der Waals surface area contributed by atoms with E-state index >= 15 is 0 Å². The van der Waals surface area contributed by atoms with Gasteiger partial charge in [0.1, 0.15) is 0 Å². The summed E-state index contributed by atoms with van der Waals surface area (Å²) in [5.41, 5.74) is 0.496. The fourth-order valence-corrected chi connectivity index (χ4v) is 4.31. The number of allylic oxidation sites excluding steroid dienone is 2. The van der Waals surface area contributed by atoms with Gasteiger partial charge in [0.05, 0.1) is 0 Å². The Kier molecular flexibility index (Phi) is 4.53. The van der Waals surface area contributed by atoms with Gasteiger partial charge in [-0.1, -0.05) is 45.8 Å². The Balaban J connectivity index is 1.85. The van der Waals surface area contributed by atoms with E-state index in [0.717, 1.165) is 17.8 Å². The summed E-state index contributed by atoms with van der Waals surface area (Å²) in [6.45, 7) is 7.45. The molecule has 1 nitrogen and oxygen atoms in total. The molecule has 3 rings (SSSR count). The van der Waals surface area contributed by atoms with Gasteiger partial charge < -0.3 is 5.11 Å². The topological polar surface area (TPSA) is 20.2 Å². The van der Waals surface area contributed by atoms with Gasteiger partial charge in [-0.05, 0) is 54.8 Å². The zero-order valence-electron chi connectivity index (χ0n) is 12.4. The molecule has 4 atom stereocenters. The summed E-state index contributed by atoms with van der Waals surface area (Å²) in [6, 6.07) is 0. The van der Waals surface area contributed by atoms with Gasteiger partial charge in [-0.2, -0.15) is 0 Å². The van der Waals surface area contributed by atoms with E-state index in [-0.39, 0.29) is 0 Å². The summed E-state index contributed by atoms with van der Waals surface area (Å²) in [7, 11) is 0. The number of aliphatic hydroxyl groups excluding tert-OH is 1. The van der Waals surface area contributed by atoms with Gasteiger partial charge in [-0.3, -0.25) is 0 Å². The molecule has 0 aliphatic heterocycles. The first-order chi connectivity index (χ1) is 8.61. The smallest absolute Gasteiger partial charge is 0.0464 e. The number of fused-ring (bicyclic) bond motifs is 2. The number of hydrogen-bond acceptors (Lipinski definition) is 1. The largest absolute Gasteiger partial charge is 0.396 e. The lowest BCUT2D eigenvalue weighted by atomic mass is 9.43. The molecule has 3 aliphatic rings. The molecule has 1 heteroatoms. The minimum atomic E-state index is 0.397. The third-order valence-electron chi connectivity index (χ3n) is 5.80. The highest BCUT2D eigenvalue weighted by Gasteiger charge is 2.56. The van der Waals surface area contributed by atoms with Crippen LogP contribution in [0.4, 0.5) is 0 Å². The van der Waals surface area contributed by atoms with E-state index in [2.05, 4.69) is 32.9 Å². The molecule has 0 aromatic heterocycles. The van der Waals surface area contributed by atoms with Crippen molar-refractivity contribution in [2.45, 2.75) is 59.3 Å². The number of unbranched alkanes of at least 4 members (excludes halogenated alkanes) is 2. The number of hydrogen-bond donors (Lipinski definition) is 1. The van der Waals surface area contributed by atoms with Gasteiger partial charge in [0.2, 0.25) is 0 Å². The van der Waals surface area contributed by atoms with Crippen LogP contribution in [0.2, 0.25) is 0 Å². The third-order valence-corrected chi connectivity index (χ3v) is 5.80. The Hall–Kier alpha value is -0.300. The van der Waals surface area contributed by atoms with E-state index in [1.807, 2.05) is 0 Å². The van der Waals surface area contributed by atoms with Crippen LogP contribution in [0.1, 0.15) is 59.3 Å². The van der Waals surface area contributed by atoms with Crippen molar-refractivity contribution in [2.75, 3.05) is 6.61 Å². The highest BCUT2D eigenvalue weighted by atomic mass is 16.3. The molecule has 0 aromatic carbocycles. The van der Waals surface area contributed by atoms with E-state index in [1.165, 1.54) is 38.5 Å². The first-order valence-corrected chi connectivity index (χ1v) is 7.87. The molecule has 18 heavy (non-hydrogen) atoms. The Morgan fingerprint density at radius 2 is 2.00 bits per heavy atom. The maximum atomic E-state index is 9.71. The first-order valence-electron chi connectivity index (χ1n) is 7.87. The quantitative estimate of drug-likeness (QED) is 0.547. The van der Waals surface area contributed by atoms with Gasteiger partial charge >= 0.3 is 0 Å². The second-order valence-electron chi connectivity index (χ2n) is 7.05. The second-order valence-corrected chi connectivity index (χ2v) is 7.05. The molecule has 3 fully saturated rings. The fraction of sp³-hybridized carbons (Fsp3) is 0.882. The van der Waals surface area contributed by atoms with Gasteiger partial charge in [-0.15, -0.1) is 0 Å². The van der Waals surface area contributed by atoms with Crippen molar-refractivity contribution < 1.29 is 5.11 Å². The summed E-state index contributed by atoms with van der Waals surface area (Å²) >= 11 is 0. The van der Waals surface area contributed by atoms with Crippen molar-refractivity contribution >= 4 is 0 Å². The second kappa shape index (κ2) is 5.77. The Morgan fingerprint density at radius 1 is 1.22 bits per heavy atom. The first kappa shape index (κ1) is 14.1. The van der Waals surface area contributed by atoms with Crippen LogP contribution >= 0.6 is 0 Å². The van der Waals surface area contributed by atoms with Crippen LogP contribution in [-0.4, -0.2) is 11.7 Å². The Morgan fingerprint density at radius 3 is 2.61 bits per heavy atom. The maximum Gasteiger partial charge on any atom is 0.0464 e. The summed E-state index contributed by atoms with van der Waals surface area (Å²) in [6.07, 6.45) is 12.4. The summed E-state index contributed by atoms with van der Waals surface area (Å²) in [4.78, 5) is 0. The average molecular weight is 250 g/mol. The van der Waals surface area contributed by atoms with Crippen molar-refractivity contribution in [3.05, 3.63) is 12.2 Å². The molecule has 104 valence electrons. The SMILES string of the molecule is CCCC/C=C\CC1CC2CC(C1CO)C2(C)C. The van der Waals surface area contributed by atoms with Gasteiger partial charge in [0.15, 0.2) is 0 Å². The zero-order valence-corrected chi connectivity index (χ0v) is 12.4. The predicted molar refractivity (Wildman–Crippen MR) is 77.3 cm³/mol. The monoisotopic (exact) mass is 250 g/mol. The normalized spacial score (nSPS) is 37.8. The molecule has 1 N–H and O–H groups in total. The summed E-state index contributed by atoms with van der Waals surface area (Å²) in [5, 5.41) is 9.71. The molecule has 0 amide bonds. The van der Waals surface area contributed by atoms with Gasteiger partial charge in [0.25, 0.3) is 0 Å². The standard InChI is InChI=1S/C17H30O/c1-4-5-6-7-8-9-13-10-14-11-16(15(13)12-18)17(14,2)3/h7-8,13-16,18H,4-6,9-12H2,1-3H3/b8-7-. The lowest BCUT2D eigenvalue weighted by Gasteiger charge is -2.62. The van der Waals surface area contributed by atoms with Crippen molar-refractivity contribution in [2.24, 2.45) is 29.1 Å². The van der Waals surface area contributed by atoms with E-state index < -0.39 is 0 Å². The molecule has 3 saturated carbocycles. The molecule has 0 aromatic rings. The zero-order chi connectivity index (χ0) is 13.2. The van der Waals surface area contributed by atoms with Crippen LogP contribution in [0, 0.1) is 29.1 Å². The number of aliphatic hydroxyl groups is 1. The predicted octanol–water partition coefficient (Wildman–Crippen LogP) is 4.41. The minimum Gasteiger partial charge on any atom is -0.396 e. The van der Waals surface area contributed by atoms with Crippen LogP contribution in [0.25, 0.3) is 0 Å². The van der Waals surface area contributed by atoms with Crippen molar-refractivity contribution in [1.29, 1.82) is 0 Å². The minimum absolute atomic E-state index is 0.397. The molecular formula is C17H30O. The third kappa shape index (κ3) is 2.52. The molecule has 4 unspecified atom stereocenters. The molecule has 3 aliphatic carbocycles. The van der Waals surface area contributed by atoms with Crippen LogP contribution < -0.4 is 0 Å². The van der Waals surface area contributed by atoms with Gasteiger partial charge in [-0.25, -0.2) is 0 Å². The lowest BCUT2D eigenvalue weighted by Crippen LogP contribution is -2.56. The van der Waals surface area contributed by atoms with Crippen molar-refractivity contribution in [3.63, 3.8) is 0 Å². The van der Waals surface area contributed by atoms with E-state index in [4.69, 9.17) is 0 Å². The molecule has 0 radical (unpaired) electrons. The lowest BCUT2D eigenvalue weighted by molar-refractivity contribution is -0.145. The number of rotatable bonds is 6. The van der Waals surface area contributed by atoms with E-state index in [1.54, 1.807) is 0 Å². The molecule has 0 spiro atoms. The molecule has 0 heterocycles. The highest BCUT2D eigenvalue weighted by molar-refractivity contribution is 5.07. The van der Waals surface area contributed by atoms with E-state index in [9.17, 15) is 5.11 Å². The van der Waals surface area contributed by atoms with Crippen LogP contribution in [-0.2, 0) is 0 Å². The van der Waals surface area contributed by atoms with E-state index in [0.29, 0.717) is 17.9 Å². The van der Waals surface area contributed by atoms with Crippen LogP contribution in [0.15, 0.2) is 12.2 Å². The van der Waals surface area contributed by atoms with Crippen LogP contribution in [0.5, 0.6) is 0 Å². The van der Waals surface area contributed by atoms with Crippen LogP contribution in [0.3, 0.4) is 0 Å². The summed E-state index contributed by atoms with van der Waals surface area (Å²) in [5.74, 6) is 2.99. The maximum absolute atomic E-state index is 9.71. The highest BCUT2D eigenvalue weighted by Crippen LogP contribution is 2.63. The summed E-state index contributed by atoms with van der Waals surface area (Å²) < 4.78 is 0. The molecular weight excluding hydrogens is 220 g/mol. The molecule has 2 bridgehead atoms. The Labute approximate surface area is 113 Å². The fourth-order valence-electron chi connectivity index (χ4n) is 4.31.